The highest BCUT2D eigenvalue weighted by Gasteiger charge is 2.25. The molecule has 2 aromatic carbocycles. The zero-order valence-corrected chi connectivity index (χ0v) is 22.6. The first-order valence-corrected chi connectivity index (χ1v) is 13.8. The summed E-state index contributed by atoms with van der Waals surface area (Å²) in [5.41, 5.74) is 5.35. The first-order chi connectivity index (χ1) is 17.3. The van der Waals surface area contributed by atoms with E-state index in [2.05, 4.69) is 22.3 Å². The van der Waals surface area contributed by atoms with Crippen LogP contribution in [0.25, 0.3) is 0 Å². The van der Waals surface area contributed by atoms with Gasteiger partial charge in [0.2, 0.25) is 0 Å². The van der Waals surface area contributed by atoms with Crippen molar-refractivity contribution in [3.8, 4) is 0 Å². The van der Waals surface area contributed by atoms with E-state index in [1.54, 1.807) is 0 Å². The lowest BCUT2D eigenvalue weighted by molar-refractivity contribution is 0.0917. The van der Waals surface area contributed by atoms with Gasteiger partial charge in [-0.15, -0.1) is 0 Å². The molecule has 0 bridgehead atoms. The van der Waals surface area contributed by atoms with Crippen LogP contribution in [0.15, 0.2) is 42.5 Å². The Kier molecular flexibility index (Phi) is 8.84. The molecule has 0 radical (unpaired) electrons. The molecule has 0 saturated heterocycles. The van der Waals surface area contributed by atoms with Gasteiger partial charge in [0.25, 0.3) is 5.91 Å². The number of nitrogens with zero attached hydrogens (tertiary/aromatic N) is 2. The number of hydrogen-bond acceptors (Lipinski definition) is 4. The summed E-state index contributed by atoms with van der Waals surface area (Å²) >= 11 is 0. The summed E-state index contributed by atoms with van der Waals surface area (Å²) in [6.07, 6.45) is 7.85. The van der Waals surface area contributed by atoms with Crippen LogP contribution in [0.3, 0.4) is 0 Å². The van der Waals surface area contributed by atoms with E-state index in [0.717, 1.165) is 68.0 Å². The van der Waals surface area contributed by atoms with Crippen LogP contribution in [0.5, 0.6) is 0 Å². The zero-order chi connectivity index (χ0) is 25.7. The Morgan fingerprint density at radius 3 is 2.36 bits per heavy atom. The zero-order valence-electron chi connectivity index (χ0n) is 22.6. The maximum atomic E-state index is 12.9. The summed E-state index contributed by atoms with van der Waals surface area (Å²) in [5.74, 6) is 1.08. The van der Waals surface area contributed by atoms with Crippen LogP contribution in [0.2, 0.25) is 0 Å². The minimum absolute atomic E-state index is 0.0441. The number of anilines is 1. The highest BCUT2D eigenvalue weighted by molar-refractivity contribution is 6.00. The largest absolute Gasteiger partial charge is 0.377 e. The molecule has 1 fully saturated rings. The molecular weight excluding hydrogens is 446 g/mol. The molecule has 4 rings (SSSR count). The number of carbonyl (C=O) groups is 2. The molecule has 1 heterocycles. The standard InChI is InChI=1S/C31H43N3O2/c1-22(2)30(35)26-12-11-24-16-19-34(20-17-25(24)21-26)18-15-23-9-13-27(14-10-23)32-31(36)28-7-5-6-8-29(28)33(3)4/h5-8,11-12,21-23,27H,9-10,13-20H2,1-4H3,(H,32,36)/t23-,27-. The molecule has 194 valence electrons. The second-order valence-corrected chi connectivity index (χ2v) is 11.2. The van der Waals surface area contributed by atoms with Gasteiger partial charge in [0.1, 0.15) is 0 Å². The van der Waals surface area contributed by atoms with Crippen LogP contribution < -0.4 is 10.2 Å². The fraction of sp³-hybridized carbons (Fsp3) is 0.548. The second kappa shape index (κ2) is 12.1. The van der Waals surface area contributed by atoms with Crippen molar-refractivity contribution in [2.24, 2.45) is 11.8 Å². The molecule has 0 aromatic heterocycles. The number of Topliss-reactive ketones (excluding diaryl/α,β-unsaturated/α-hetero) is 1. The molecule has 1 aliphatic carbocycles. The number of carbonyl (C=O) groups excluding carboxylic acids is 2. The minimum atomic E-state index is 0.0441. The number of hydrogen-bond donors (Lipinski definition) is 1. The van der Waals surface area contributed by atoms with E-state index in [-0.39, 0.29) is 23.7 Å². The fourth-order valence-corrected chi connectivity index (χ4v) is 5.76. The van der Waals surface area contributed by atoms with E-state index in [0.29, 0.717) is 0 Å². The second-order valence-electron chi connectivity index (χ2n) is 11.2. The molecule has 1 saturated carbocycles. The minimum Gasteiger partial charge on any atom is -0.377 e. The number of amides is 1. The molecule has 2 aromatic rings. The maximum Gasteiger partial charge on any atom is 0.253 e. The maximum absolute atomic E-state index is 12.9. The number of benzene rings is 2. The molecule has 1 N–H and O–H groups in total. The third-order valence-corrected chi connectivity index (χ3v) is 8.08. The lowest BCUT2D eigenvalue weighted by Crippen LogP contribution is -2.38. The first kappa shape index (κ1) is 26.4. The predicted octanol–water partition coefficient (Wildman–Crippen LogP) is 5.37. The van der Waals surface area contributed by atoms with E-state index in [4.69, 9.17) is 0 Å². The Labute approximate surface area is 217 Å². The summed E-state index contributed by atoms with van der Waals surface area (Å²) < 4.78 is 0. The van der Waals surface area contributed by atoms with Gasteiger partial charge in [-0.25, -0.2) is 0 Å². The molecule has 0 unspecified atom stereocenters. The third-order valence-electron chi connectivity index (χ3n) is 8.08. The van der Waals surface area contributed by atoms with Gasteiger partial charge >= 0.3 is 0 Å². The van der Waals surface area contributed by atoms with Crippen molar-refractivity contribution < 1.29 is 9.59 Å². The quantitative estimate of drug-likeness (QED) is 0.507. The van der Waals surface area contributed by atoms with Crippen LogP contribution in [-0.4, -0.2) is 56.4 Å². The van der Waals surface area contributed by atoms with Gasteiger partial charge in [0, 0.05) is 50.4 Å². The van der Waals surface area contributed by atoms with Crippen LogP contribution in [0, 0.1) is 11.8 Å². The highest BCUT2D eigenvalue weighted by atomic mass is 16.1. The highest BCUT2D eigenvalue weighted by Crippen LogP contribution is 2.28. The summed E-state index contributed by atoms with van der Waals surface area (Å²) in [4.78, 5) is 29.9. The van der Waals surface area contributed by atoms with Crippen molar-refractivity contribution in [1.29, 1.82) is 0 Å². The predicted molar refractivity (Wildman–Crippen MR) is 148 cm³/mol. The number of nitrogens with one attached hydrogen (secondary N) is 1. The summed E-state index contributed by atoms with van der Waals surface area (Å²) in [6.45, 7) is 7.26. The Bertz CT molecular complexity index is 1050. The normalized spacial score (nSPS) is 20.5. The SMILES string of the molecule is CC(C)C(=O)c1ccc2c(c1)CCN(CC[C@H]1CC[C@H](NC(=O)c3ccccc3N(C)C)CC1)CC2. The Morgan fingerprint density at radius 1 is 0.972 bits per heavy atom. The lowest BCUT2D eigenvalue weighted by Gasteiger charge is -2.31. The van der Waals surface area contributed by atoms with Crippen molar-refractivity contribution in [2.75, 3.05) is 38.6 Å². The van der Waals surface area contributed by atoms with Crippen molar-refractivity contribution >= 4 is 17.4 Å². The Hall–Kier alpha value is -2.66. The van der Waals surface area contributed by atoms with Crippen molar-refractivity contribution in [1.82, 2.24) is 10.2 Å². The van der Waals surface area contributed by atoms with Crippen LogP contribution in [0.1, 0.15) is 77.8 Å². The van der Waals surface area contributed by atoms with Crippen molar-refractivity contribution in [2.45, 2.75) is 64.8 Å². The molecule has 1 amide bonds. The average Bonchev–Trinajstić information content (AvgIpc) is 3.09. The lowest BCUT2D eigenvalue weighted by atomic mass is 9.84. The Morgan fingerprint density at radius 2 is 1.67 bits per heavy atom. The molecule has 0 atom stereocenters. The van der Waals surface area contributed by atoms with Crippen LogP contribution >= 0.6 is 0 Å². The molecule has 36 heavy (non-hydrogen) atoms. The van der Waals surface area contributed by atoms with Gasteiger partial charge in [-0.3, -0.25) is 9.59 Å². The molecule has 5 nitrogen and oxygen atoms in total. The van der Waals surface area contributed by atoms with Crippen LogP contribution in [-0.2, 0) is 12.8 Å². The van der Waals surface area contributed by atoms with Crippen molar-refractivity contribution in [3.63, 3.8) is 0 Å². The van der Waals surface area contributed by atoms with Gasteiger partial charge in [-0.05, 0) is 86.7 Å². The average molecular weight is 490 g/mol. The van der Waals surface area contributed by atoms with Crippen LogP contribution in [0.4, 0.5) is 5.69 Å². The van der Waals surface area contributed by atoms with E-state index in [1.165, 1.54) is 30.4 Å². The fourth-order valence-electron chi connectivity index (χ4n) is 5.76. The number of rotatable bonds is 8. The van der Waals surface area contributed by atoms with Gasteiger partial charge < -0.3 is 15.1 Å². The summed E-state index contributed by atoms with van der Waals surface area (Å²) in [7, 11) is 3.96. The topological polar surface area (TPSA) is 52.7 Å². The third kappa shape index (κ3) is 6.56. The number of ketones is 1. The van der Waals surface area contributed by atoms with Gasteiger partial charge in [-0.2, -0.15) is 0 Å². The van der Waals surface area contributed by atoms with Gasteiger partial charge in [-0.1, -0.05) is 38.1 Å². The summed E-state index contributed by atoms with van der Waals surface area (Å²) in [5, 5.41) is 3.29. The van der Waals surface area contributed by atoms with E-state index >= 15 is 0 Å². The van der Waals surface area contributed by atoms with Crippen molar-refractivity contribution in [3.05, 3.63) is 64.7 Å². The molecule has 2 aliphatic rings. The van der Waals surface area contributed by atoms with E-state index in [9.17, 15) is 9.59 Å². The molecule has 5 heteroatoms. The number of para-hydroxylation sites is 1. The smallest absolute Gasteiger partial charge is 0.253 e. The summed E-state index contributed by atoms with van der Waals surface area (Å²) in [6, 6.07) is 14.5. The van der Waals surface area contributed by atoms with E-state index in [1.807, 2.05) is 63.2 Å². The first-order valence-electron chi connectivity index (χ1n) is 13.8. The van der Waals surface area contributed by atoms with Gasteiger partial charge in [0.15, 0.2) is 5.78 Å². The monoisotopic (exact) mass is 489 g/mol. The molecular formula is C31H43N3O2. The number of fused-ring (bicyclic) bond motifs is 1. The Balaban J connectivity index is 1.22. The molecule has 1 aliphatic heterocycles. The molecule has 0 spiro atoms. The van der Waals surface area contributed by atoms with Gasteiger partial charge in [0.05, 0.1) is 5.56 Å². The van der Waals surface area contributed by atoms with E-state index < -0.39 is 0 Å².